The second kappa shape index (κ2) is 6.37. The van der Waals surface area contributed by atoms with Crippen molar-refractivity contribution in [2.24, 2.45) is 5.92 Å². The van der Waals surface area contributed by atoms with Crippen LogP contribution in [0.25, 0.3) is 0 Å². The number of amides is 2. The summed E-state index contributed by atoms with van der Waals surface area (Å²) in [4.78, 5) is 23.7. The van der Waals surface area contributed by atoms with Crippen LogP contribution in [0.4, 0.5) is 0 Å². The summed E-state index contributed by atoms with van der Waals surface area (Å²) < 4.78 is 5.47. The maximum absolute atomic E-state index is 12.2. The predicted octanol–water partition coefficient (Wildman–Crippen LogP) is 0.975. The quantitative estimate of drug-likeness (QED) is 0.781. The van der Waals surface area contributed by atoms with Gasteiger partial charge in [-0.3, -0.25) is 9.59 Å². The van der Waals surface area contributed by atoms with Crippen LogP contribution in [0.15, 0.2) is 0 Å². The van der Waals surface area contributed by atoms with Gasteiger partial charge in [-0.05, 0) is 38.5 Å². The summed E-state index contributed by atoms with van der Waals surface area (Å²) in [6, 6.07) is -0.390. The van der Waals surface area contributed by atoms with Crippen LogP contribution < -0.4 is 10.6 Å². The highest BCUT2D eigenvalue weighted by atomic mass is 16.5. The normalized spacial score (nSPS) is 27.1. The zero-order valence-electron chi connectivity index (χ0n) is 11.8. The third-order valence-electron chi connectivity index (χ3n) is 4.02. The molecule has 0 spiro atoms. The molecule has 0 aromatic carbocycles. The molecular formula is C14H24N2O3. The lowest BCUT2D eigenvalue weighted by Crippen LogP contribution is -2.51. The molecule has 5 nitrogen and oxygen atoms in total. The molecule has 1 heterocycles. The Kier molecular flexibility index (Phi) is 4.80. The first-order chi connectivity index (χ1) is 9.11. The van der Waals surface area contributed by atoms with Crippen molar-refractivity contribution < 1.29 is 14.3 Å². The Bertz CT molecular complexity index is 342. The van der Waals surface area contributed by atoms with E-state index in [4.69, 9.17) is 4.74 Å². The first kappa shape index (κ1) is 14.3. The third-order valence-corrected chi connectivity index (χ3v) is 4.02. The zero-order valence-corrected chi connectivity index (χ0v) is 11.8. The minimum absolute atomic E-state index is 0.00912. The van der Waals surface area contributed by atoms with E-state index in [9.17, 15) is 9.59 Å². The molecule has 1 saturated heterocycles. The van der Waals surface area contributed by atoms with Crippen molar-refractivity contribution in [1.29, 1.82) is 0 Å². The van der Waals surface area contributed by atoms with Gasteiger partial charge < -0.3 is 15.4 Å². The zero-order chi connectivity index (χ0) is 13.8. The monoisotopic (exact) mass is 268 g/mol. The Morgan fingerprint density at radius 1 is 1.37 bits per heavy atom. The van der Waals surface area contributed by atoms with E-state index >= 15 is 0 Å². The Labute approximate surface area is 114 Å². The summed E-state index contributed by atoms with van der Waals surface area (Å²) >= 11 is 0. The molecule has 0 aromatic heterocycles. The van der Waals surface area contributed by atoms with Crippen LogP contribution in [0, 0.1) is 5.92 Å². The van der Waals surface area contributed by atoms with Gasteiger partial charge in [0.15, 0.2) is 0 Å². The molecule has 2 amide bonds. The fourth-order valence-corrected chi connectivity index (χ4v) is 2.81. The lowest BCUT2D eigenvalue weighted by molar-refractivity contribution is -0.129. The van der Waals surface area contributed by atoms with Gasteiger partial charge in [-0.1, -0.05) is 6.42 Å². The first-order valence-electron chi connectivity index (χ1n) is 7.24. The minimum Gasteiger partial charge on any atom is -0.379 e. The summed E-state index contributed by atoms with van der Waals surface area (Å²) in [6.45, 7) is 1.98. The number of nitrogens with one attached hydrogen (secondary N) is 2. The molecule has 0 aromatic rings. The molecule has 2 rings (SSSR count). The molecule has 108 valence electrons. The van der Waals surface area contributed by atoms with E-state index < -0.39 is 0 Å². The molecular weight excluding hydrogens is 244 g/mol. The molecule has 5 heteroatoms. The van der Waals surface area contributed by atoms with E-state index in [0.29, 0.717) is 12.3 Å². The molecule has 1 saturated carbocycles. The largest absolute Gasteiger partial charge is 0.379 e. The van der Waals surface area contributed by atoms with Crippen molar-refractivity contribution in [3.63, 3.8) is 0 Å². The van der Waals surface area contributed by atoms with E-state index in [1.807, 2.05) is 6.92 Å². The second-order valence-electron chi connectivity index (χ2n) is 5.70. The lowest BCUT2D eigenvalue weighted by atomic mass is 10.1. The maximum atomic E-state index is 12.2. The van der Waals surface area contributed by atoms with Gasteiger partial charge in [0.25, 0.3) is 0 Å². The molecule has 0 radical (unpaired) electrons. The predicted molar refractivity (Wildman–Crippen MR) is 71.5 cm³/mol. The number of hydrogen-bond acceptors (Lipinski definition) is 3. The average Bonchev–Trinajstić information content (AvgIpc) is 3.18. The topological polar surface area (TPSA) is 67.4 Å². The molecule has 2 fully saturated rings. The van der Waals surface area contributed by atoms with Crippen molar-refractivity contribution in [2.45, 2.75) is 63.6 Å². The van der Waals surface area contributed by atoms with Crippen LogP contribution in [0.3, 0.4) is 0 Å². The molecule has 19 heavy (non-hydrogen) atoms. The fraction of sp³-hybridized carbons (Fsp3) is 0.857. The van der Waals surface area contributed by atoms with Crippen LogP contribution in [-0.4, -0.2) is 37.1 Å². The lowest BCUT2D eigenvalue weighted by Gasteiger charge is -2.25. The van der Waals surface area contributed by atoms with Crippen LogP contribution in [0.2, 0.25) is 0 Å². The molecule has 1 aliphatic carbocycles. The summed E-state index contributed by atoms with van der Waals surface area (Å²) in [5.41, 5.74) is 0. The van der Waals surface area contributed by atoms with Crippen molar-refractivity contribution in [1.82, 2.24) is 10.6 Å². The summed E-state index contributed by atoms with van der Waals surface area (Å²) in [5, 5.41) is 5.79. The average molecular weight is 268 g/mol. The van der Waals surface area contributed by atoms with E-state index in [1.165, 1.54) is 12.8 Å². The molecule has 2 aliphatic rings. The van der Waals surface area contributed by atoms with Gasteiger partial charge in [0, 0.05) is 13.5 Å². The van der Waals surface area contributed by atoms with Crippen LogP contribution in [-0.2, 0) is 14.3 Å². The number of hydrogen-bond donors (Lipinski definition) is 2. The van der Waals surface area contributed by atoms with Gasteiger partial charge in [-0.25, -0.2) is 0 Å². The van der Waals surface area contributed by atoms with E-state index in [-0.39, 0.29) is 30.0 Å². The van der Waals surface area contributed by atoms with Crippen LogP contribution in [0.1, 0.15) is 45.4 Å². The van der Waals surface area contributed by atoms with Gasteiger partial charge in [-0.2, -0.15) is 0 Å². The van der Waals surface area contributed by atoms with E-state index in [2.05, 4.69) is 10.6 Å². The minimum atomic E-state index is -0.380. The first-order valence-corrected chi connectivity index (χ1v) is 7.24. The Hall–Kier alpha value is -1.10. The molecule has 2 N–H and O–H groups in total. The van der Waals surface area contributed by atoms with E-state index in [0.717, 1.165) is 19.3 Å². The molecule has 0 bridgehead atoms. The highest BCUT2D eigenvalue weighted by Crippen LogP contribution is 2.35. The van der Waals surface area contributed by atoms with Gasteiger partial charge in [0.2, 0.25) is 11.8 Å². The highest BCUT2D eigenvalue weighted by molar-refractivity contribution is 5.88. The van der Waals surface area contributed by atoms with Gasteiger partial charge in [-0.15, -0.1) is 0 Å². The van der Waals surface area contributed by atoms with Gasteiger partial charge >= 0.3 is 0 Å². The Morgan fingerprint density at radius 3 is 2.74 bits per heavy atom. The molecule has 1 aliphatic heterocycles. The summed E-state index contributed by atoms with van der Waals surface area (Å²) in [5.74, 6) is 0.477. The Morgan fingerprint density at radius 2 is 2.11 bits per heavy atom. The fourth-order valence-electron chi connectivity index (χ4n) is 2.81. The smallest absolute Gasteiger partial charge is 0.242 e. The van der Waals surface area contributed by atoms with Crippen molar-refractivity contribution in [2.75, 3.05) is 7.11 Å². The maximum Gasteiger partial charge on any atom is 0.242 e. The van der Waals surface area contributed by atoms with Gasteiger partial charge in [0.1, 0.15) is 6.04 Å². The number of rotatable bonds is 5. The molecule has 0 unspecified atom stereocenters. The number of carbonyl (C=O) groups excluding carboxylic acids is 2. The Balaban J connectivity index is 1.86. The third kappa shape index (κ3) is 3.93. The highest BCUT2D eigenvalue weighted by Gasteiger charge is 2.36. The summed E-state index contributed by atoms with van der Waals surface area (Å²) in [7, 11) is 1.69. The van der Waals surface area contributed by atoms with E-state index in [1.54, 1.807) is 7.11 Å². The summed E-state index contributed by atoms with van der Waals surface area (Å²) in [6.07, 6.45) is 5.49. The standard InChI is InChI=1S/C14H24N2O3/c1-9(13(19-2)10-7-8-10)15-14(18)11-5-3-4-6-12(17)16-11/h9-11,13H,3-8H2,1-2H3,(H,15,18)(H,16,17)/t9-,11+,13+/m1/s1. The molecule has 3 atom stereocenters. The van der Waals surface area contributed by atoms with Gasteiger partial charge in [0.05, 0.1) is 12.1 Å². The van der Waals surface area contributed by atoms with Crippen LogP contribution >= 0.6 is 0 Å². The number of carbonyl (C=O) groups is 2. The van der Waals surface area contributed by atoms with Crippen molar-refractivity contribution >= 4 is 11.8 Å². The van der Waals surface area contributed by atoms with Crippen molar-refractivity contribution in [3.8, 4) is 0 Å². The van der Waals surface area contributed by atoms with Crippen molar-refractivity contribution in [3.05, 3.63) is 0 Å². The second-order valence-corrected chi connectivity index (χ2v) is 5.70. The number of ether oxygens (including phenoxy) is 1. The SMILES string of the molecule is CO[C@H](C1CC1)[C@@H](C)NC(=O)[C@@H]1CCCCC(=O)N1. The van der Waals surface area contributed by atoms with Crippen LogP contribution in [0.5, 0.6) is 0 Å². The number of methoxy groups -OCH3 is 1.